The predicted octanol–water partition coefficient (Wildman–Crippen LogP) is 4.56. The van der Waals surface area contributed by atoms with Gasteiger partial charge in [0.1, 0.15) is 18.1 Å². The fourth-order valence-corrected chi connectivity index (χ4v) is 4.65. The van der Waals surface area contributed by atoms with Crippen LogP contribution in [0.2, 0.25) is 0 Å². The third kappa shape index (κ3) is 4.74. The molecule has 2 aliphatic rings. The van der Waals surface area contributed by atoms with Crippen molar-refractivity contribution in [2.75, 3.05) is 24.7 Å². The summed E-state index contributed by atoms with van der Waals surface area (Å²) in [6, 6.07) is 7.68. The summed E-state index contributed by atoms with van der Waals surface area (Å²) in [5.74, 6) is 1.38. The molecule has 0 aromatic heterocycles. The number of rotatable bonds is 8. The first-order valence-electron chi connectivity index (χ1n) is 10.4. The molecule has 0 saturated heterocycles. The quantitative estimate of drug-likeness (QED) is 0.460. The summed E-state index contributed by atoms with van der Waals surface area (Å²) in [5, 5.41) is 0. The lowest BCUT2D eigenvalue weighted by Crippen LogP contribution is -2.39. The summed E-state index contributed by atoms with van der Waals surface area (Å²) in [4.78, 5) is 30.7. The fourth-order valence-electron chi connectivity index (χ4n) is 4.16. The van der Waals surface area contributed by atoms with Crippen LogP contribution in [-0.2, 0) is 14.3 Å². The molecule has 1 unspecified atom stereocenters. The maximum absolute atomic E-state index is 13.1. The van der Waals surface area contributed by atoms with E-state index >= 15 is 0 Å². The van der Waals surface area contributed by atoms with Gasteiger partial charge in [-0.15, -0.1) is 0 Å². The summed E-state index contributed by atoms with van der Waals surface area (Å²) in [6.07, 6.45) is 2.12. The molecular formula is C23H29NO4S. The van der Waals surface area contributed by atoms with Crippen molar-refractivity contribution in [1.82, 2.24) is 0 Å². The number of ketones is 1. The topological polar surface area (TPSA) is 65.0 Å². The van der Waals surface area contributed by atoms with Gasteiger partial charge < -0.3 is 9.47 Å². The van der Waals surface area contributed by atoms with Gasteiger partial charge in [0.2, 0.25) is 0 Å². The Morgan fingerprint density at radius 3 is 2.76 bits per heavy atom. The summed E-state index contributed by atoms with van der Waals surface area (Å²) < 4.78 is 11.4. The van der Waals surface area contributed by atoms with E-state index in [1.807, 2.05) is 38.1 Å². The zero-order chi connectivity index (χ0) is 20.8. The van der Waals surface area contributed by atoms with Crippen LogP contribution < -0.4 is 4.74 Å². The number of hydrogen-bond donors (Lipinski definition) is 0. The van der Waals surface area contributed by atoms with Crippen LogP contribution in [-0.4, -0.2) is 42.2 Å². The van der Waals surface area contributed by atoms with Gasteiger partial charge in [0.25, 0.3) is 0 Å². The molecule has 1 fully saturated rings. The van der Waals surface area contributed by atoms with E-state index in [0.29, 0.717) is 36.7 Å². The molecule has 1 aromatic carbocycles. The Balaban J connectivity index is 2.03. The highest BCUT2D eigenvalue weighted by Gasteiger charge is 2.44. The van der Waals surface area contributed by atoms with Crippen molar-refractivity contribution in [2.24, 2.45) is 10.9 Å². The number of carbonyl (C=O) groups excluding carboxylic acids is 2. The first-order valence-corrected chi connectivity index (χ1v) is 11.5. The average molecular weight is 416 g/mol. The predicted molar refractivity (Wildman–Crippen MR) is 117 cm³/mol. The van der Waals surface area contributed by atoms with Crippen molar-refractivity contribution >= 4 is 29.2 Å². The highest BCUT2D eigenvalue weighted by molar-refractivity contribution is 7.99. The third-order valence-electron chi connectivity index (χ3n) is 5.35. The summed E-state index contributed by atoms with van der Waals surface area (Å²) in [5.41, 5.74) is 2.88. The molecule has 1 saturated carbocycles. The lowest BCUT2D eigenvalue weighted by atomic mass is 9.69. The molecule has 0 amide bonds. The molecule has 156 valence electrons. The lowest BCUT2D eigenvalue weighted by molar-refractivity contribution is -0.139. The molecular weight excluding hydrogens is 386 g/mol. The van der Waals surface area contributed by atoms with Crippen LogP contribution in [0, 0.1) is 5.92 Å². The Hall–Kier alpha value is -2.08. The van der Waals surface area contributed by atoms with E-state index in [2.05, 4.69) is 11.9 Å². The van der Waals surface area contributed by atoms with Gasteiger partial charge in [-0.2, -0.15) is 11.8 Å². The minimum Gasteiger partial charge on any atom is -0.494 e. The fraction of sp³-hybridized carbons (Fsp3) is 0.522. The van der Waals surface area contributed by atoms with E-state index in [1.165, 1.54) is 0 Å². The van der Waals surface area contributed by atoms with Gasteiger partial charge >= 0.3 is 5.97 Å². The van der Waals surface area contributed by atoms with Crippen LogP contribution in [0.15, 0.2) is 40.5 Å². The molecule has 6 heteroatoms. The van der Waals surface area contributed by atoms with Crippen molar-refractivity contribution in [3.05, 3.63) is 41.1 Å². The highest BCUT2D eigenvalue weighted by Crippen LogP contribution is 2.45. The van der Waals surface area contributed by atoms with Gasteiger partial charge in [-0.05, 0) is 38.5 Å². The molecule has 1 aliphatic heterocycles. The summed E-state index contributed by atoms with van der Waals surface area (Å²) in [6.45, 7) is 6.71. The second-order valence-electron chi connectivity index (χ2n) is 7.18. The minimum absolute atomic E-state index is 0.144. The normalized spacial score (nSPS) is 21.5. The summed E-state index contributed by atoms with van der Waals surface area (Å²) in [7, 11) is 0. The van der Waals surface area contributed by atoms with Crippen molar-refractivity contribution in [3.8, 4) is 5.75 Å². The molecule has 1 aromatic rings. The van der Waals surface area contributed by atoms with Crippen molar-refractivity contribution in [3.63, 3.8) is 0 Å². The molecule has 29 heavy (non-hydrogen) atoms. The SMILES string of the molecule is CCOc1ccccc1[C@H]1C(C(=O)OCCSCC)=C(C)N=C2CCCC(=O)C21. The van der Waals surface area contributed by atoms with Gasteiger partial charge in [0.15, 0.2) is 0 Å². The number of esters is 1. The van der Waals surface area contributed by atoms with Crippen LogP contribution in [0.5, 0.6) is 5.75 Å². The highest BCUT2D eigenvalue weighted by atomic mass is 32.2. The smallest absolute Gasteiger partial charge is 0.336 e. The first kappa shape index (κ1) is 21.6. The Labute approximate surface area is 177 Å². The maximum Gasteiger partial charge on any atom is 0.336 e. The molecule has 0 bridgehead atoms. The third-order valence-corrected chi connectivity index (χ3v) is 6.21. The Morgan fingerprint density at radius 1 is 1.21 bits per heavy atom. The number of fused-ring (bicyclic) bond motifs is 1. The second kappa shape index (κ2) is 10.1. The zero-order valence-corrected chi connectivity index (χ0v) is 18.2. The molecule has 0 spiro atoms. The molecule has 2 atom stereocenters. The molecule has 3 rings (SSSR count). The van der Waals surface area contributed by atoms with Crippen LogP contribution >= 0.6 is 11.8 Å². The van der Waals surface area contributed by atoms with E-state index in [1.54, 1.807) is 11.8 Å². The van der Waals surface area contributed by atoms with Gasteiger partial charge in [0, 0.05) is 35.1 Å². The number of ether oxygens (including phenoxy) is 2. The number of para-hydroxylation sites is 1. The van der Waals surface area contributed by atoms with Crippen molar-refractivity contribution in [2.45, 2.75) is 46.0 Å². The van der Waals surface area contributed by atoms with Crippen LogP contribution in [0.4, 0.5) is 0 Å². The van der Waals surface area contributed by atoms with Gasteiger partial charge in [-0.1, -0.05) is 25.1 Å². The van der Waals surface area contributed by atoms with Crippen molar-refractivity contribution in [1.29, 1.82) is 0 Å². The number of Topliss-reactive ketones (excluding diaryl/α,β-unsaturated/α-hetero) is 1. The number of benzene rings is 1. The molecule has 0 N–H and O–H groups in total. The number of allylic oxidation sites excluding steroid dienone is 1. The van der Waals surface area contributed by atoms with E-state index in [4.69, 9.17) is 9.47 Å². The molecule has 1 aliphatic carbocycles. The van der Waals surface area contributed by atoms with Crippen molar-refractivity contribution < 1.29 is 19.1 Å². The second-order valence-corrected chi connectivity index (χ2v) is 8.57. The maximum atomic E-state index is 13.1. The van der Waals surface area contributed by atoms with E-state index in [9.17, 15) is 9.59 Å². The largest absolute Gasteiger partial charge is 0.494 e. The standard InChI is InChI=1S/C23H29NO4S/c1-4-27-19-12-7-6-9-16(19)21-20(23(26)28-13-14-29-5-2)15(3)24-17-10-8-11-18(25)22(17)21/h6-7,9,12,21-22H,4-5,8,10-11,13-14H2,1-3H3/t21-,22?/m0/s1. The van der Waals surface area contributed by atoms with Crippen LogP contribution in [0.1, 0.15) is 51.5 Å². The average Bonchev–Trinajstić information content (AvgIpc) is 2.71. The van der Waals surface area contributed by atoms with Gasteiger partial charge in [-0.3, -0.25) is 9.79 Å². The van der Waals surface area contributed by atoms with Crippen LogP contribution in [0.3, 0.4) is 0 Å². The lowest BCUT2D eigenvalue weighted by Gasteiger charge is -2.36. The number of nitrogens with zero attached hydrogens (tertiary/aromatic N) is 1. The number of carbonyl (C=O) groups is 2. The Bertz CT molecular complexity index is 830. The van der Waals surface area contributed by atoms with Gasteiger partial charge in [-0.25, -0.2) is 4.79 Å². The Morgan fingerprint density at radius 2 is 2.00 bits per heavy atom. The number of hydrogen-bond acceptors (Lipinski definition) is 6. The monoisotopic (exact) mass is 415 g/mol. The van der Waals surface area contributed by atoms with Crippen LogP contribution in [0.25, 0.3) is 0 Å². The summed E-state index contributed by atoms with van der Waals surface area (Å²) >= 11 is 1.73. The molecule has 1 heterocycles. The Kier molecular flexibility index (Phi) is 7.53. The van der Waals surface area contributed by atoms with Gasteiger partial charge in [0.05, 0.1) is 18.1 Å². The van der Waals surface area contributed by atoms with E-state index in [0.717, 1.165) is 35.6 Å². The first-order chi connectivity index (χ1) is 14.1. The zero-order valence-electron chi connectivity index (χ0n) is 17.4. The molecule has 0 radical (unpaired) electrons. The molecule has 5 nitrogen and oxygen atoms in total. The minimum atomic E-state index is -0.415. The van der Waals surface area contributed by atoms with E-state index in [-0.39, 0.29) is 11.8 Å². The van der Waals surface area contributed by atoms with E-state index < -0.39 is 11.8 Å². The number of aliphatic imine (C=N–C) groups is 1. The number of thioether (sulfide) groups is 1.